The number of hydrogen-bond acceptors (Lipinski definition) is 6. The highest BCUT2D eigenvalue weighted by Crippen LogP contribution is 2.64. The summed E-state index contributed by atoms with van der Waals surface area (Å²) in [5.74, 6) is 8.70. The smallest absolute Gasteiger partial charge is 0.206 e. The van der Waals surface area contributed by atoms with Crippen LogP contribution in [0.25, 0.3) is 70.6 Å². The molecule has 0 bridgehead atoms. The van der Waals surface area contributed by atoms with E-state index in [0.717, 1.165) is 62.2 Å². The number of fused-ring (bicyclic) bond motifs is 36. The molecule has 24 rings (SSSR count). The van der Waals surface area contributed by atoms with Gasteiger partial charge in [-0.25, -0.2) is 20.0 Å². The molecule has 9 nitrogen and oxygen atoms in total. The normalized spacial score (nSPS) is 33.9. The maximum atomic E-state index is 6.37. The molecule has 9 heteroatoms. The first-order valence-corrected chi connectivity index (χ1v) is 33.7. The fourth-order valence-electron chi connectivity index (χ4n) is 22.0. The lowest BCUT2D eigenvalue weighted by Crippen LogP contribution is -2.87. The molecule has 9 aromatic rings. The van der Waals surface area contributed by atoms with Crippen LogP contribution in [0.2, 0.25) is 0 Å². The Kier molecular flexibility index (Phi) is 8.51. The van der Waals surface area contributed by atoms with Crippen LogP contribution in [0.4, 0.5) is 11.6 Å². The Labute approximate surface area is 519 Å². The lowest BCUT2D eigenvalue weighted by atomic mass is 9.53. The quantitative estimate of drug-likeness (QED) is 0.0863. The van der Waals surface area contributed by atoms with Crippen molar-refractivity contribution in [3.8, 4) is 11.1 Å². The van der Waals surface area contributed by atoms with Gasteiger partial charge in [-0.2, -0.15) is 0 Å². The highest BCUT2D eigenvalue weighted by atomic mass is 16.3. The summed E-state index contributed by atoms with van der Waals surface area (Å²) < 4.78 is 5.17. The third-order valence-corrected chi connectivity index (χ3v) is 25.4. The van der Waals surface area contributed by atoms with Crippen LogP contribution in [-0.2, 0) is 0 Å². The largest absolute Gasteiger partial charge is 0.231 e. The van der Waals surface area contributed by atoms with Crippen molar-refractivity contribution in [1.29, 1.82) is 0 Å². The van der Waals surface area contributed by atoms with Gasteiger partial charge in [0.05, 0.1) is 4.92 Å². The van der Waals surface area contributed by atoms with E-state index in [9.17, 15) is 0 Å². The van der Waals surface area contributed by atoms with E-state index in [1.165, 1.54) is 103 Å². The highest BCUT2D eigenvalue weighted by Gasteiger charge is 2.73. The van der Waals surface area contributed by atoms with Gasteiger partial charge in [-0.15, -0.1) is 5.01 Å². The minimum atomic E-state index is -0.400. The molecule has 90 heavy (non-hydrogen) atoms. The molecular formula is C81H62N9+. The first kappa shape index (κ1) is 47.5. The standard InChI is InChI=1S/C81H62N9/c1-41-17-16-32-56-64-40-72-71(39-63(64)54-30-14-15-31-55(54)73(41)56)80-84-78-68-36-60-51-27-11-5-21-45(51)44-20-4-10-26-50(44)59(60)35-67(68)76-82-74-65-33-57-48-24-8-2-18-42(48)43-19-3-9-25-49(43)58(57)34-66(65)75-83-77-69-37-61-52-28-12-6-22-46(52)47-23-7-13-29-53(47)62(61)38-70(69)79-85-81(72)89(80)90(86(74)75,87(76)78)88(77)79/h2-5,7-11,13-21,23-27,29-35,37-41,44-47,50-53,60,67-68,73,76-77H,6,12,22,28,36H2,1H3/q+1. The van der Waals surface area contributed by atoms with Gasteiger partial charge < -0.3 is 0 Å². The Hall–Kier alpha value is -9.44. The van der Waals surface area contributed by atoms with E-state index in [4.69, 9.17) is 20.0 Å². The van der Waals surface area contributed by atoms with Gasteiger partial charge in [0.25, 0.3) is 0 Å². The van der Waals surface area contributed by atoms with Crippen molar-refractivity contribution >= 4 is 82.7 Å². The van der Waals surface area contributed by atoms with Crippen LogP contribution in [0.3, 0.4) is 0 Å². The fourth-order valence-corrected chi connectivity index (χ4v) is 22.0. The summed E-state index contributed by atoms with van der Waals surface area (Å²) in [5, 5.41) is 17.6. The highest BCUT2D eigenvalue weighted by molar-refractivity contribution is 6.27. The van der Waals surface area contributed by atoms with Crippen molar-refractivity contribution in [3.63, 3.8) is 0 Å². The molecule has 2 aromatic heterocycles. The Morgan fingerprint density at radius 3 is 1.94 bits per heavy atom. The zero-order valence-corrected chi connectivity index (χ0v) is 49.9. The number of amidine groups is 2. The molecule has 9 aliphatic carbocycles. The first-order chi connectivity index (χ1) is 44.6. The maximum absolute atomic E-state index is 6.37. The van der Waals surface area contributed by atoms with Gasteiger partial charge in [-0.1, -0.05) is 216 Å². The number of allylic oxidation sites excluding steroid dienone is 17. The van der Waals surface area contributed by atoms with Gasteiger partial charge >= 0.3 is 0 Å². The molecule has 0 N–H and O–H groups in total. The van der Waals surface area contributed by atoms with E-state index in [2.05, 4.69) is 233 Å². The average Bonchev–Trinajstić information content (AvgIpc) is 1.45. The molecule has 6 aliphatic heterocycles. The Balaban J connectivity index is 0.863. The van der Waals surface area contributed by atoms with E-state index < -0.39 is 6.17 Å². The Morgan fingerprint density at radius 1 is 0.456 bits per heavy atom. The summed E-state index contributed by atoms with van der Waals surface area (Å²) in [5.41, 5.74) is 15.8. The number of aliphatic imine (C=N–C) groups is 2. The predicted octanol–water partition coefficient (Wildman–Crippen LogP) is 16.5. The second-order valence-electron chi connectivity index (χ2n) is 29.0. The maximum Gasteiger partial charge on any atom is 0.206 e. The van der Waals surface area contributed by atoms with E-state index in [0.29, 0.717) is 59.2 Å². The summed E-state index contributed by atoms with van der Waals surface area (Å²) in [6.07, 6.45) is 44.4. The Bertz CT molecular complexity index is 5530. The summed E-state index contributed by atoms with van der Waals surface area (Å²) in [6, 6.07) is 42.8. The van der Waals surface area contributed by atoms with Gasteiger partial charge in [-0.3, -0.25) is 0 Å². The molecule has 0 amide bonds. The summed E-state index contributed by atoms with van der Waals surface area (Å²) in [7, 11) is 0. The number of rotatable bonds is 0. The molecule has 430 valence electrons. The van der Waals surface area contributed by atoms with Crippen LogP contribution in [0.5, 0.6) is 0 Å². The Morgan fingerprint density at radius 2 is 1.13 bits per heavy atom. The molecule has 8 heterocycles. The molecule has 2 saturated carbocycles. The second-order valence-corrected chi connectivity index (χ2v) is 29.0. The minimum Gasteiger partial charge on any atom is -0.231 e. The summed E-state index contributed by atoms with van der Waals surface area (Å²) in [4.78, 5) is 25.5. The molecule has 1 spiro atoms. The molecule has 7 aromatic carbocycles. The van der Waals surface area contributed by atoms with E-state index in [1.54, 1.807) is 11.1 Å². The number of benzene rings is 7. The predicted molar refractivity (Wildman–Crippen MR) is 359 cm³/mol. The van der Waals surface area contributed by atoms with Crippen molar-refractivity contribution in [2.45, 2.75) is 69.1 Å². The number of aromatic nitrogens is 2. The molecular weight excluding hydrogens is 1100 g/mol. The minimum absolute atomic E-state index is 0.0573. The second kappa shape index (κ2) is 16.1. The number of nitrogens with zero attached hydrogens (tertiary/aromatic N) is 9. The fraction of sp³-hybridized carbons (Fsp3) is 0.259. The van der Waals surface area contributed by atoms with Crippen LogP contribution < -0.4 is 15.9 Å². The van der Waals surface area contributed by atoms with Gasteiger partial charge in [0.15, 0.2) is 28.8 Å². The first-order valence-electron chi connectivity index (χ1n) is 33.7. The van der Waals surface area contributed by atoms with Crippen LogP contribution in [0.1, 0.15) is 96.3 Å². The third kappa shape index (κ3) is 5.34. The number of quaternary nitrogens is 1. The van der Waals surface area contributed by atoms with Crippen LogP contribution in [-0.4, -0.2) is 37.2 Å². The van der Waals surface area contributed by atoms with Crippen LogP contribution >= 0.6 is 0 Å². The lowest BCUT2D eigenvalue weighted by Gasteiger charge is -2.54. The topological polar surface area (TPSA) is 65.8 Å². The van der Waals surface area contributed by atoms with Gasteiger partial charge in [0.2, 0.25) is 17.8 Å². The van der Waals surface area contributed by atoms with Gasteiger partial charge in [-0.05, 0) is 168 Å². The molecule has 16 atom stereocenters. The van der Waals surface area contributed by atoms with Gasteiger partial charge in [0, 0.05) is 62.3 Å². The molecule has 16 unspecified atom stereocenters. The monoisotopic (exact) mass is 1160 g/mol. The molecule has 0 radical (unpaired) electrons. The van der Waals surface area contributed by atoms with E-state index >= 15 is 0 Å². The van der Waals surface area contributed by atoms with E-state index in [-0.39, 0.29) is 28.8 Å². The van der Waals surface area contributed by atoms with Crippen molar-refractivity contribution in [1.82, 2.24) is 24.3 Å². The molecule has 3 fully saturated rings. The van der Waals surface area contributed by atoms with Crippen molar-refractivity contribution in [2.24, 2.45) is 79.1 Å². The SMILES string of the molecule is CC1C=CC=C2c3cc4c5n6c(c4cc3-c3ccccc3C21)N=C1C2CC3C(=CC2C2N=c4c7cc8c9ccccc9c9ccccc9c8cc7c7n4[N+]6(N4C(=N5)c5cc6c(cc5C4N=7)C4CCCCC4C4C=CC=CC64)N12)C1C=CC=CC1C1C=CC=CC31. The van der Waals surface area contributed by atoms with Crippen molar-refractivity contribution < 1.29 is 0 Å². The summed E-state index contributed by atoms with van der Waals surface area (Å²) >= 11 is 0. The zero-order chi connectivity index (χ0) is 57.9. The van der Waals surface area contributed by atoms with Crippen LogP contribution in [0, 0.1) is 59.2 Å². The lowest BCUT2D eigenvalue weighted by molar-refractivity contribution is -0.266. The van der Waals surface area contributed by atoms with Gasteiger partial charge in [0.1, 0.15) is 0 Å². The third-order valence-electron chi connectivity index (χ3n) is 25.4. The van der Waals surface area contributed by atoms with Crippen molar-refractivity contribution in [2.75, 3.05) is 0 Å². The summed E-state index contributed by atoms with van der Waals surface area (Å²) in [6.45, 7) is 2.40. The van der Waals surface area contributed by atoms with Crippen molar-refractivity contribution in [3.05, 3.63) is 256 Å². The zero-order valence-electron chi connectivity index (χ0n) is 49.9. The average molecular weight is 1160 g/mol. The molecule has 15 aliphatic rings. The van der Waals surface area contributed by atoms with Crippen LogP contribution in [0.15, 0.2) is 232 Å². The van der Waals surface area contributed by atoms with E-state index in [1.807, 2.05) is 0 Å². The molecule has 1 saturated heterocycles. The number of hydrogen-bond donors (Lipinski definition) is 0.